The van der Waals surface area contributed by atoms with Gasteiger partial charge in [0.15, 0.2) is 12.0 Å². The predicted octanol–water partition coefficient (Wildman–Crippen LogP) is 4.12. The van der Waals surface area contributed by atoms with Gasteiger partial charge in [-0.3, -0.25) is 19.7 Å². The summed E-state index contributed by atoms with van der Waals surface area (Å²) in [5.74, 6) is -3.13. The number of aliphatic hydroxyl groups excluding tert-OH is 1. The van der Waals surface area contributed by atoms with E-state index >= 15 is 0 Å². The van der Waals surface area contributed by atoms with E-state index in [1.165, 1.54) is 13.2 Å². The molecule has 4 heterocycles. The summed E-state index contributed by atoms with van der Waals surface area (Å²) in [7, 11) is 1.45. The summed E-state index contributed by atoms with van der Waals surface area (Å²) in [6.45, 7) is 8.93. The highest BCUT2D eigenvalue weighted by atomic mass is 19.3. The van der Waals surface area contributed by atoms with Gasteiger partial charge in [0.2, 0.25) is 11.8 Å². The molecule has 2 saturated heterocycles. The lowest BCUT2D eigenvalue weighted by atomic mass is 9.47. The van der Waals surface area contributed by atoms with Crippen LogP contribution in [0.3, 0.4) is 0 Å². The predicted molar refractivity (Wildman–Crippen MR) is 149 cm³/mol. The lowest BCUT2D eigenvalue weighted by molar-refractivity contribution is -0.163. The number of hydrogen-bond donors (Lipinski definition) is 3. The average molecular weight is 591 g/mol. The Labute approximate surface area is 244 Å². The number of nitrogens with one attached hydrogen (secondary N) is 2. The smallest absolute Gasteiger partial charge is 0.261 e. The van der Waals surface area contributed by atoms with Gasteiger partial charge in [0, 0.05) is 65.5 Å². The molecule has 0 bridgehead atoms. The monoisotopic (exact) mass is 590 g/mol. The molecule has 6 rings (SSSR count). The number of likely N-dealkylation sites (tertiary alicyclic amines) is 2. The maximum absolute atomic E-state index is 14.4. The Balaban J connectivity index is 1.11. The number of alkyl halides is 2. The molecule has 9 nitrogen and oxygen atoms in total. The van der Waals surface area contributed by atoms with E-state index in [0.29, 0.717) is 37.3 Å². The lowest BCUT2D eigenvalue weighted by Crippen LogP contribution is -2.77. The van der Waals surface area contributed by atoms with E-state index in [0.717, 1.165) is 19.0 Å². The molecule has 0 radical (unpaired) electrons. The van der Waals surface area contributed by atoms with Crippen LogP contribution >= 0.6 is 0 Å². The molecule has 230 valence electrons. The largest absolute Gasteiger partial charge is 0.481 e. The summed E-state index contributed by atoms with van der Waals surface area (Å²) in [6, 6.07) is 2.92. The van der Waals surface area contributed by atoms with Gasteiger partial charge in [-0.05, 0) is 31.7 Å². The molecule has 2 aromatic rings. The second-order valence-corrected chi connectivity index (χ2v) is 14.0. The number of aliphatic hydroxyl groups is 1. The van der Waals surface area contributed by atoms with E-state index in [-0.39, 0.29) is 64.7 Å². The highest BCUT2D eigenvalue weighted by Crippen LogP contribution is 2.58. The minimum absolute atomic E-state index is 0.00377. The lowest BCUT2D eigenvalue weighted by Gasteiger charge is -2.67. The van der Waals surface area contributed by atoms with Gasteiger partial charge in [-0.15, -0.1) is 0 Å². The first kappa shape index (κ1) is 29.4. The summed E-state index contributed by atoms with van der Waals surface area (Å²) in [6.07, 6.45) is 2.90. The summed E-state index contributed by atoms with van der Waals surface area (Å²) in [5.41, 5.74) is 0.0480. The summed E-state index contributed by atoms with van der Waals surface area (Å²) < 4.78 is 47.6. The standard InChI is InChI=1S/C30H41F3N6O3/c1-27(2)25(28(3,4)26(27)38-11-9-30(32,33)16-38)35-23(40)17-6-10-39(29(14-17)7-8-29)24(41)21-13-20(36-37-21)18-12-22(42-5)34-15-19(18)31/h12-13,15,17,24-26,41H,6-11,14,16H2,1-5H3,(H,35,40)(H,36,37)/t17-,24?,25-,26-/m0/s1. The average Bonchev–Trinajstić information content (AvgIpc) is 3.34. The molecule has 2 saturated carbocycles. The number of hydrogen-bond acceptors (Lipinski definition) is 7. The zero-order chi connectivity index (χ0) is 30.2. The van der Waals surface area contributed by atoms with Crippen molar-refractivity contribution in [3.63, 3.8) is 0 Å². The Kier molecular flexibility index (Phi) is 6.94. The third-order valence-corrected chi connectivity index (χ3v) is 10.4. The number of halogens is 3. The van der Waals surface area contributed by atoms with Crippen LogP contribution in [0, 0.1) is 22.6 Å². The number of ether oxygens (including phenoxy) is 1. The number of carbonyl (C=O) groups excluding carboxylic acids is 1. The van der Waals surface area contributed by atoms with Crippen LogP contribution in [0.4, 0.5) is 13.2 Å². The molecule has 4 fully saturated rings. The van der Waals surface area contributed by atoms with Gasteiger partial charge in [0.25, 0.3) is 5.92 Å². The third-order valence-electron chi connectivity index (χ3n) is 10.4. The fourth-order valence-electron chi connectivity index (χ4n) is 8.65. The normalized spacial score (nSPS) is 30.1. The molecular formula is C30H41F3N6O3. The number of pyridine rings is 1. The summed E-state index contributed by atoms with van der Waals surface area (Å²) in [5, 5.41) is 21.7. The Morgan fingerprint density at radius 2 is 1.88 bits per heavy atom. The number of amides is 1. The molecule has 2 aromatic heterocycles. The van der Waals surface area contributed by atoms with Crippen LogP contribution in [-0.2, 0) is 4.79 Å². The van der Waals surface area contributed by atoms with Crippen LogP contribution in [-0.4, -0.2) is 86.3 Å². The topological polar surface area (TPSA) is 107 Å². The molecule has 2 aliphatic heterocycles. The Morgan fingerprint density at radius 1 is 1.17 bits per heavy atom. The van der Waals surface area contributed by atoms with Gasteiger partial charge >= 0.3 is 0 Å². The minimum atomic E-state index is -2.65. The van der Waals surface area contributed by atoms with Crippen LogP contribution in [0.15, 0.2) is 18.3 Å². The van der Waals surface area contributed by atoms with Gasteiger partial charge < -0.3 is 15.2 Å². The molecule has 3 N–H and O–H groups in total. The number of rotatable bonds is 7. The maximum atomic E-state index is 14.4. The molecule has 1 spiro atoms. The van der Waals surface area contributed by atoms with Gasteiger partial charge in [-0.2, -0.15) is 5.10 Å². The van der Waals surface area contributed by atoms with Crippen LogP contribution in [0.5, 0.6) is 5.88 Å². The van der Waals surface area contributed by atoms with Crippen molar-refractivity contribution in [1.82, 2.24) is 30.3 Å². The van der Waals surface area contributed by atoms with E-state index in [1.54, 1.807) is 6.07 Å². The van der Waals surface area contributed by atoms with Crippen LogP contribution < -0.4 is 10.1 Å². The summed E-state index contributed by atoms with van der Waals surface area (Å²) >= 11 is 0. The van der Waals surface area contributed by atoms with E-state index in [1.807, 2.05) is 9.80 Å². The van der Waals surface area contributed by atoms with Gasteiger partial charge in [0.05, 0.1) is 25.5 Å². The number of carbonyl (C=O) groups is 1. The van der Waals surface area contributed by atoms with Gasteiger partial charge in [-0.25, -0.2) is 18.2 Å². The van der Waals surface area contributed by atoms with E-state index in [9.17, 15) is 23.1 Å². The van der Waals surface area contributed by atoms with Crippen molar-refractivity contribution in [3.8, 4) is 17.1 Å². The molecule has 2 aliphatic carbocycles. The fourth-order valence-corrected chi connectivity index (χ4v) is 8.65. The SMILES string of the molecule is COc1cc(-c2cc(C(O)N3CC[C@H](C(=O)N[C@H]4C(C)(C)[C@H](N5CCC(F)(F)C5)C4(C)C)CC34CC4)n[nH]2)c(F)cn1. The molecule has 42 heavy (non-hydrogen) atoms. The van der Waals surface area contributed by atoms with E-state index in [4.69, 9.17) is 4.74 Å². The van der Waals surface area contributed by atoms with Gasteiger partial charge in [-0.1, -0.05) is 27.7 Å². The quantitative estimate of drug-likeness (QED) is 0.446. The number of H-pyrrole nitrogens is 1. The molecule has 12 heteroatoms. The third kappa shape index (κ3) is 4.79. The first-order chi connectivity index (χ1) is 19.7. The Bertz CT molecular complexity index is 1340. The van der Waals surface area contributed by atoms with Crippen molar-refractivity contribution in [2.45, 2.75) is 89.6 Å². The highest BCUT2D eigenvalue weighted by Gasteiger charge is 2.66. The number of methoxy groups -OCH3 is 1. The molecule has 0 aromatic carbocycles. The maximum Gasteiger partial charge on any atom is 0.261 e. The second kappa shape index (κ2) is 9.92. The zero-order valence-electron chi connectivity index (χ0n) is 24.9. The molecule has 1 unspecified atom stereocenters. The van der Waals surface area contributed by atoms with Crippen molar-refractivity contribution < 1.29 is 27.8 Å². The van der Waals surface area contributed by atoms with E-state index < -0.39 is 18.0 Å². The number of aromatic amines is 1. The Hall–Kier alpha value is -2.70. The van der Waals surface area contributed by atoms with E-state index in [2.05, 4.69) is 48.2 Å². The van der Waals surface area contributed by atoms with Crippen molar-refractivity contribution in [2.75, 3.05) is 26.7 Å². The molecular weight excluding hydrogens is 549 g/mol. The van der Waals surface area contributed by atoms with Crippen molar-refractivity contribution >= 4 is 5.91 Å². The van der Waals surface area contributed by atoms with Gasteiger partial charge in [0.1, 0.15) is 5.69 Å². The van der Waals surface area contributed by atoms with Crippen molar-refractivity contribution in [1.29, 1.82) is 0 Å². The van der Waals surface area contributed by atoms with Crippen molar-refractivity contribution in [3.05, 3.63) is 29.8 Å². The van der Waals surface area contributed by atoms with Crippen molar-refractivity contribution in [2.24, 2.45) is 16.7 Å². The first-order valence-corrected chi connectivity index (χ1v) is 14.8. The fraction of sp³-hybridized carbons (Fsp3) is 0.700. The zero-order valence-corrected chi connectivity index (χ0v) is 24.9. The first-order valence-electron chi connectivity index (χ1n) is 14.8. The van der Waals surface area contributed by atoms with Crippen LogP contribution in [0.25, 0.3) is 11.3 Å². The molecule has 1 amide bonds. The number of nitrogens with zero attached hydrogens (tertiary/aromatic N) is 4. The summed E-state index contributed by atoms with van der Waals surface area (Å²) in [4.78, 5) is 21.4. The molecule has 4 aliphatic rings. The number of aromatic nitrogens is 3. The second-order valence-electron chi connectivity index (χ2n) is 14.0. The highest BCUT2D eigenvalue weighted by molar-refractivity contribution is 5.80. The molecule has 2 atom stereocenters. The number of piperidine rings is 1. The van der Waals surface area contributed by atoms with Crippen LogP contribution in [0.1, 0.15) is 71.7 Å². The Morgan fingerprint density at radius 3 is 2.50 bits per heavy atom. The van der Waals surface area contributed by atoms with Crippen LogP contribution in [0.2, 0.25) is 0 Å². The minimum Gasteiger partial charge on any atom is -0.481 e.